The van der Waals surface area contributed by atoms with Gasteiger partial charge in [0.1, 0.15) is 0 Å². The molecule has 0 radical (unpaired) electrons. The van der Waals surface area contributed by atoms with E-state index in [0.717, 1.165) is 16.7 Å². The van der Waals surface area contributed by atoms with Gasteiger partial charge in [0, 0.05) is 0 Å². The second-order valence-electron chi connectivity index (χ2n) is 5.64. The van der Waals surface area contributed by atoms with Crippen LogP contribution in [-0.4, -0.2) is 25.0 Å². The Bertz CT molecular complexity index is 475. The van der Waals surface area contributed by atoms with Gasteiger partial charge in [-0.25, -0.2) is 10.8 Å². The molecule has 126 valence electrons. The Labute approximate surface area is 145 Å². The van der Waals surface area contributed by atoms with E-state index in [2.05, 4.69) is 20.8 Å². The number of benzene rings is 1. The fraction of sp³-hybridized carbons (Fsp3) is 0.500. The van der Waals surface area contributed by atoms with E-state index in [9.17, 15) is 0 Å². The summed E-state index contributed by atoms with van der Waals surface area (Å²) in [6, 6.07) is 5.96. The van der Waals surface area contributed by atoms with Crippen LogP contribution in [0.25, 0.3) is 0 Å². The van der Waals surface area contributed by atoms with Gasteiger partial charge in [0.05, 0.1) is 24.3 Å². The zero-order chi connectivity index (χ0) is 15.3. The molecule has 0 aromatic heterocycles. The maximum atomic E-state index is 5.96. The number of ether oxygens (including phenoxy) is 2. The van der Waals surface area contributed by atoms with Crippen LogP contribution >= 0.6 is 0 Å². The van der Waals surface area contributed by atoms with Crippen molar-refractivity contribution in [3.8, 4) is 0 Å². The van der Waals surface area contributed by atoms with Crippen LogP contribution in [0.2, 0.25) is 0 Å². The van der Waals surface area contributed by atoms with E-state index in [1.54, 1.807) is 0 Å². The first kappa shape index (κ1) is 23.0. The highest BCUT2D eigenvalue weighted by molar-refractivity contribution is 5.95. The van der Waals surface area contributed by atoms with E-state index in [0.29, 0.717) is 25.0 Å². The van der Waals surface area contributed by atoms with Gasteiger partial charge in [0.25, 0.3) is 0 Å². The Hall–Kier alpha value is -1.26. The molecule has 0 aliphatic heterocycles. The van der Waals surface area contributed by atoms with Crippen LogP contribution in [-0.2, 0) is 14.9 Å². The van der Waals surface area contributed by atoms with Crippen molar-refractivity contribution < 1.29 is 45.1 Å². The third kappa shape index (κ3) is 6.24. The maximum Gasteiger partial charge on any atom is 0.366 e. The predicted molar refractivity (Wildman–Crippen MR) is 80.5 cm³/mol. The lowest BCUT2D eigenvalue weighted by Gasteiger charge is -2.20. The van der Waals surface area contributed by atoms with Crippen LogP contribution in [0.5, 0.6) is 0 Å². The molecule has 1 aromatic rings. The molecule has 0 saturated carbocycles. The molecule has 6 heteroatoms. The highest BCUT2D eigenvalue weighted by Gasteiger charge is 2.21. The summed E-state index contributed by atoms with van der Waals surface area (Å²) in [5.74, 6) is 0.813. The number of halogens is 2. The zero-order valence-corrected chi connectivity index (χ0v) is 15.4. The minimum Gasteiger partial charge on any atom is -1.00 e. The molecule has 0 amide bonds. The van der Waals surface area contributed by atoms with Gasteiger partial charge in [0.15, 0.2) is 0 Å². The highest BCUT2D eigenvalue weighted by atomic mass is 35.5. The summed E-state index contributed by atoms with van der Waals surface area (Å²) in [6.07, 6.45) is 0. The number of hydrogen-bond acceptors (Lipinski definition) is 2. The molecule has 0 fully saturated rings. The summed E-state index contributed by atoms with van der Waals surface area (Å²) in [6.45, 7) is 11.3. The molecule has 0 saturated heterocycles. The Balaban J connectivity index is 0. The topological polar surface area (TPSA) is 69.6 Å². The first-order valence-electron chi connectivity index (χ1n) is 6.96. The van der Waals surface area contributed by atoms with Gasteiger partial charge in [0.2, 0.25) is 0 Å². The zero-order valence-electron chi connectivity index (χ0n) is 13.9. The van der Waals surface area contributed by atoms with E-state index < -0.39 is 0 Å². The second-order valence-corrected chi connectivity index (χ2v) is 5.64. The lowest BCUT2D eigenvalue weighted by Crippen LogP contribution is -3.00. The van der Waals surface area contributed by atoms with E-state index in [-0.39, 0.29) is 30.2 Å². The molecule has 0 aliphatic carbocycles. The molecule has 0 atom stereocenters. The predicted octanol–water partition coefficient (Wildman–Crippen LogP) is -5.92. The fourth-order valence-corrected chi connectivity index (χ4v) is 1.82. The Morgan fingerprint density at radius 2 is 1.23 bits per heavy atom. The molecule has 4 nitrogen and oxygen atoms in total. The van der Waals surface area contributed by atoms with E-state index in [1.807, 2.05) is 32.0 Å². The molecule has 0 spiro atoms. The second kappa shape index (κ2) is 9.70. The van der Waals surface area contributed by atoms with Gasteiger partial charge in [-0.1, -0.05) is 20.8 Å². The lowest BCUT2D eigenvalue weighted by molar-refractivity contribution is -0.138. The van der Waals surface area contributed by atoms with Crippen molar-refractivity contribution in [3.63, 3.8) is 0 Å². The minimum atomic E-state index is -0.0102. The first-order chi connectivity index (χ1) is 9.29. The molecule has 0 bridgehead atoms. The van der Waals surface area contributed by atoms with Crippen molar-refractivity contribution in [1.82, 2.24) is 0 Å². The van der Waals surface area contributed by atoms with Crippen molar-refractivity contribution in [2.75, 3.05) is 13.2 Å². The summed E-state index contributed by atoms with van der Waals surface area (Å²) in [5.41, 5.74) is 2.79. The smallest absolute Gasteiger partial charge is 0.366 e. The van der Waals surface area contributed by atoms with Crippen molar-refractivity contribution in [1.29, 1.82) is 0 Å². The Morgan fingerprint density at radius 1 is 0.864 bits per heavy atom. The van der Waals surface area contributed by atoms with E-state index >= 15 is 0 Å². The largest absolute Gasteiger partial charge is 1.00 e. The van der Waals surface area contributed by atoms with Gasteiger partial charge in [-0.2, -0.15) is 0 Å². The molecule has 22 heavy (non-hydrogen) atoms. The monoisotopic (exact) mass is 348 g/mol. The van der Waals surface area contributed by atoms with Gasteiger partial charge in [-0.15, -0.1) is 0 Å². The quantitative estimate of drug-likeness (QED) is 0.420. The molecular formula is C16H26Cl2N2O2. The van der Waals surface area contributed by atoms with Crippen LogP contribution in [0.4, 0.5) is 0 Å². The van der Waals surface area contributed by atoms with Crippen LogP contribution in [0, 0.1) is 0 Å². The molecule has 1 rings (SSSR count). The van der Waals surface area contributed by atoms with Gasteiger partial charge < -0.3 is 34.3 Å². The molecule has 4 N–H and O–H groups in total. The fourth-order valence-electron chi connectivity index (χ4n) is 1.82. The van der Waals surface area contributed by atoms with Gasteiger partial charge >= 0.3 is 11.8 Å². The third-order valence-corrected chi connectivity index (χ3v) is 2.97. The SMILES string of the molecule is CCOC(=[NH2+])c1cc(C(=[NH2+])OCC)cc(C(C)(C)C)c1.[Cl-].[Cl-]. The molecule has 0 unspecified atom stereocenters. The maximum absolute atomic E-state index is 5.96. The van der Waals surface area contributed by atoms with Crippen molar-refractivity contribution >= 4 is 11.8 Å². The van der Waals surface area contributed by atoms with Crippen molar-refractivity contribution in [3.05, 3.63) is 34.9 Å². The Morgan fingerprint density at radius 3 is 1.50 bits per heavy atom. The van der Waals surface area contributed by atoms with Gasteiger partial charge in [-0.05, 0) is 43.0 Å². The Kier molecular flexibility index (Phi) is 10.1. The number of nitrogens with two attached hydrogens (primary N) is 2. The minimum absolute atomic E-state index is 0. The van der Waals surface area contributed by atoms with Gasteiger partial charge in [-0.3, -0.25) is 0 Å². The average Bonchev–Trinajstić information content (AvgIpc) is 2.37. The molecule has 0 heterocycles. The third-order valence-electron chi connectivity index (χ3n) is 2.97. The first-order valence-corrected chi connectivity index (χ1v) is 6.96. The van der Waals surface area contributed by atoms with Crippen molar-refractivity contribution in [2.45, 2.75) is 40.0 Å². The molecule has 1 aromatic carbocycles. The van der Waals surface area contributed by atoms with E-state index in [1.165, 1.54) is 0 Å². The number of rotatable bonds is 4. The summed E-state index contributed by atoms with van der Waals surface area (Å²) in [7, 11) is 0. The molecular weight excluding hydrogens is 323 g/mol. The average molecular weight is 349 g/mol. The highest BCUT2D eigenvalue weighted by Crippen LogP contribution is 2.25. The van der Waals surface area contributed by atoms with Crippen LogP contribution < -0.4 is 35.6 Å². The number of hydrogen-bond donors (Lipinski definition) is 2. The lowest BCUT2D eigenvalue weighted by atomic mass is 9.85. The van der Waals surface area contributed by atoms with Crippen LogP contribution in [0.15, 0.2) is 18.2 Å². The molecule has 0 aliphatic rings. The summed E-state index contributed by atoms with van der Waals surface area (Å²) < 4.78 is 10.8. The summed E-state index contributed by atoms with van der Waals surface area (Å²) >= 11 is 0. The van der Waals surface area contributed by atoms with E-state index in [4.69, 9.17) is 20.3 Å². The van der Waals surface area contributed by atoms with Crippen LogP contribution in [0.1, 0.15) is 51.3 Å². The van der Waals surface area contributed by atoms with Crippen molar-refractivity contribution in [2.24, 2.45) is 0 Å². The summed E-state index contributed by atoms with van der Waals surface area (Å²) in [5, 5.41) is 11.9. The standard InChI is InChI=1S/C16H24N2O2.2ClH/c1-6-19-14(17)11-8-12(15(18)20-7-2)10-13(9-11)16(3,4)5;;/h8-10,17-18H,6-7H2,1-5H3;2*1H. The normalized spacial score (nSPS) is 10.0. The summed E-state index contributed by atoms with van der Waals surface area (Å²) in [4.78, 5) is 0. The van der Waals surface area contributed by atoms with Crippen LogP contribution in [0.3, 0.4) is 0 Å².